The molecule has 2 heterocycles. The van der Waals surface area contributed by atoms with Gasteiger partial charge in [0, 0.05) is 22.7 Å². The van der Waals surface area contributed by atoms with Crippen molar-refractivity contribution in [2.45, 2.75) is 12.6 Å². The van der Waals surface area contributed by atoms with Crippen molar-refractivity contribution in [2.24, 2.45) is 4.99 Å². The molecule has 192 valence electrons. The minimum absolute atomic E-state index is 0.0598. The van der Waals surface area contributed by atoms with E-state index in [4.69, 9.17) is 9.72 Å². The molecule has 0 aliphatic carbocycles. The van der Waals surface area contributed by atoms with E-state index in [9.17, 15) is 14.3 Å². The molecule has 0 spiro atoms. The summed E-state index contributed by atoms with van der Waals surface area (Å²) in [6, 6.07) is 29.3. The van der Waals surface area contributed by atoms with E-state index in [0.29, 0.717) is 34.5 Å². The maximum atomic E-state index is 14.1. The van der Waals surface area contributed by atoms with Gasteiger partial charge in [-0.1, -0.05) is 66.7 Å². The standard InChI is InChI=1S/C32H24FN3O3/c33-24-12-15-28-26(16-24)31-27(17-34-18-29(36-31)32(37)38)30(35-28)23-8-6-21(7-9-23)22-10-13-25(14-11-22)39-19-20-4-2-1-3-5-20/h1-17,29,36H,18-19H2,(H,37,38). The molecule has 0 saturated carbocycles. The van der Waals surface area contributed by atoms with E-state index in [-0.39, 0.29) is 6.54 Å². The Bertz CT molecular complexity index is 1690. The molecule has 0 radical (unpaired) electrons. The van der Waals surface area contributed by atoms with Crippen LogP contribution >= 0.6 is 0 Å². The number of halogens is 1. The Balaban J connectivity index is 1.30. The summed E-state index contributed by atoms with van der Waals surface area (Å²) in [6.45, 7) is 0.570. The number of rotatable bonds is 6. The highest BCUT2D eigenvalue weighted by Gasteiger charge is 2.24. The van der Waals surface area contributed by atoms with Crippen molar-refractivity contribution < 1.29 is 19.0 Å². The van der Waals surface area contributed by atoms with Crippen LogP contribution in [0.25, 0.3) is 33.3 Å². The lowest BCUT2D eigenvalue weighted by Crippen LogP contribution is -2.31. The number of carboxylic acids is 1. The minimum Gasteiger partial charge on any atom is -0.489 e. The molecule has 7 heteroatoms. The number of aromatic nitrogens is 1. The highest BCUT2D eigenvalue weighted by molar-refractivity contribution is 6.07. The highest BCUT2D eigenvalue weighted by Crippen LogP contribution is 2.36. The van der Waals surface area contributed by atoms with E-state index >= 15 is 0 Å². The maximum Gasteiger partial charge on any atom is 0.328 e. The first-order valence-corrected chi connectivity index (χ1v) is 12.6. The van der Waals surface area contributed by atoms with Gasteiger partial charge in [0.25, 0.3) is 0 Å². The lowest BCUT2D eigenvalue weighted by Gasteiger charge is -2.18. The van der Waals surface area contributed by atoms with Crippen LogP contribution in [-0.4, -0.2) is 34.9 Å². The van der Waals surface area contributed by atoms with Gasteiger partial charge in [-0.05, 0) is 47.0 Å². The number of pyridine rings is 1. The molecule has 6 rings (SSSR count). The summed E-state index contributed by atoms with van der Waals surface area (Å²) in [5.74, 6) is -0.649. The molecular weight excluding hydrogens is 493 g/mol. The van der Waals surface area contributed by atoms with Crippen molar-refractivity contribution in [3.63, 3.8) is 0 Å². The molecule has 0 fully saturated rings. The predicted molar refractivity (Wildman–Crippen MR) is 151 cm³/mol. The van der Waals surface area contributed by atoms with Gasteiger partial charge in [0.15, 0.2) is 0 Å². The second-order valence-electron chi connectivity index (χ2n) is 9.32. The molecule has 1 atom stereocenters. The molecule has 6 nitrogen and oxygen atoms in total. The monoisotopic (exact) mass is 517 g/mol. The van der Waals surface area contributed by atoms with Gasteiger partial charge in [0.05, 0.1) is 23.4 Å². The lowest BCUT2D eigenvalue weighted by molar-refractivity contribution is -0.137. The van der Waals surface area contributed by atoms with Crippen molar-refractivity contribution in [2.75, 3.05) is 11.9 Å². The zero-order valence-electron chi connectivity index (χ0n) is 20.8. The van der Waals surface area contributed by atoms with Crippen LogP contribution in [0.4, 0.5) is 10.1 Å². The third-order valence-corrected chi connectivity index (χ3v) is 6.70. The number of benzene rings is 4. The average Bonchev–Trinajstić information content (AvgIpc) is 3.21. The first-order valence-electron chi connectivity index (χ1n) is 12.6. The summed E-state index contributed by atoms with van der Waals surface area (Å²) in [5, 5.41) is 13.2. The summed E-state index contributed by atoms with van der Waals surface area (Å²) in [5.41, 5.74) is 6.37. The van der Waals surface area contributed by atoms with E-state index < -0.39 is 17.8 Å². The zero-order chi connectivity index (χ0) is 26.8. The number of aliphatic imine (C=N–C) groups is 1. The summed E-state index contributed by atoms with van der Waals surface area (Å²) < 4.78 is 20.0. The molecule has 1 aliphatic rings. The summed E-state index contributed by atoms with van der Waals surface area (Å²) in [6.07, 6.45) is 1.63. The largest absolute Gasteiger partial charge is 0.489 e. The number of carbonyl (C=O) groups is 1. The van der Waals surface area contributed by atoms with Crippen molar-refractivity contribution in [1.82, 2.24) is 4.98 Å². The Hall–Kier alpha value is -5.04. The number of fused-ring (bicyclic) bond motifs is 3. The van der Waals surface area contributed by atoms with Gasteiger partial charge in [0.1, 0.15) is 24.2 Å². The topological polar surface area (TPSA) is 83.8 Å². The van der Waals surface area contributed by atoms with Crippen molar-refractivity contribution in [3.05, 3.63) is 114 Å². The number of carboxylic acid groups (broad SMARTS) is 1. The molecule has 1 aliphatic heterocycles. The van der Waals surface area contributed by atoms with E-state index in [1.54, 1.807) is 12.3 Å². The molecule has 0 bridgehead atoms. The van der Waals surface area contributed by atoms with Crippen molar-refractivity contribution >= 4 is 28.8 Å². The fourth-order valence-corrected chi connectivity index (χ4v) is 4.67. The first kappa shape index (κ1) is 24.3. The van der Waals surface area contributed by atoms with Crippen LogP contribution in [0.2, 0.25) is 0 Å². The van der Waals surface area contributed by atoms with Crippen LogP contribution in [0.1, 0.15) is 11.1 Å². The Labute approximate surface area is 224 Å². The second-order valence-corrected chi connectivity index (χ2v) is 9.32. The van der Waals surface area contributed by atoms with Crippen molar-refractivity contribution in [3.8, 4) is 28.1 Å². The fraction of sp³-hybridized carbons (Fsp3) is 0.0938. The molecule has 1 aromatic heterocycles. The third kappa shape index (κ3) is 5.07. The van der Waals surface area contributed by atoms with Gasteiger partial charge in [-0.2, -0.15) is 0 Å². The number of anilines is 1. The number of aliphatic carboxylic acids is 1. The van der Waals surface area contributed by atoms with Crippen LogP contribution in [0.5, 0.6) is 5.75 Å². The maximum absolute atomic E-state index is 14.1. The Morgan fingerprint density at radius 1 is 0.923 bits per heavy atom. The molecule has 0 saturated heterocycles. The highest BCUT2D eigenvalue weighted by atomic mass is 19.1. The molecule has 5 aromatic rings. The van der Waals surface area contributed by atoms with E-state index in [1.165, 1.54) is 12.1 Å². The summed E-state index contributed by atoms with van der Waals surface area (Å²) >= 11 is 0. The molecule has 1 unspecified atom stereocenters. The molecular formula is C32H24FN3O3. The SMILES string of the molecule is O=C(O)C1CN=Cc2c(-c3ccc(-c4ccc(OCc5ccccc5)cc4)cc3)nc3ccc(F)cc3c2N1. The van der Waals surface area contributed by atoms with E-state index in [2.05, 4.69) is 10.3 Å². The third-order valence-electron chi connectivity index (χ3n) is 6.70. The van der Waals surface area contributed by atoms with Gasteiger partial charge in [-0.15, -0.1) is 0 Å². The molecule has 0 amide bonds. The molecule has 39 heavy (non-hydrogen) atoms. The number of nitrogens with zero attached hydrogens (tertiary/aromatic N) is 2. The summed E-state index contributed by atoms with van der Waals surface area (Å²) in [4.78, 5) is 20.9. The number of ether oxygens (including phenoxy) is 1. The van der Waals surface area contributed by atoms with Crippen LogP contribution in [0.15, 0.2) is 102 Å². The van der Waals surface area contributed by atoms with Gasteiger partial charge in [-0.25, -0.2) is 14.2 Å². The van der Waals surface area contributed by atoms with Crippen molar-refractivity contribution in [1.29, 1.82) is 0 Å². The van der Waals surface area contributed by atoms with Gasteiger partial charge >= 0.3 is 5.97 Å². The van der Waals surface area contributed by atoms with Crippen LogP contribution in [-0.2, 0) is 11.4 Å². The van der Waals surface area contributed by atoms with Gasteiger partial charge < -0.3 is 15.2 Å². The molecule has 4 aromatic carbocycles. The fourth-order valence-electron chi connectivity index (χ4n) is 4.67. The Morgan fingerprint density at radius 3 is 2.33 bits per heavy atom. The first-order chi connectivity index (χ1) is 19.0. The molecule has 2 N–H and O–H groups in total. The zero-order valence-corrected chi connectivity index (χ0v) is 20.8. The number of hydrogen-bond acceptors (Lipinski definition) is 5. The Morgan fingerprint density at radius 2 is 1.62 bits per heavy atom. The average molecular weight is 518 g/mol. The van der Waals surface area contributed by atoms with Crippen LogP contribution in [0.3, 0.4) is 0 Å². The predicted octanol–water partition coefficient (Wildman–Crippen LogP) is 6.58. The smallest absolute Gasteiger partial charge is 0.328 e. The van der Waals surface area contributed by atoms with E-state index in [0.717, 1.165) is 28.0 Å². The normalized spacial score (nSPS) is 14.3. The van der Waals surface area contributed by atoms with Crippen LogP contribution in [0, 0.1) is 5.82 Å². The summed E-state index contributed by atoms with van der Waals surface area (Å²) in [7, 11) is 0. The lowest BCUT2D eigenvalue weighted by atomic mass is 9.98. The number of nitrogens with one attached hydrogen (secondary N) is 1. The minimum atomic E-state index is -1.02. The number of hydrogen-bond donors (Lipinski definition) is 2. The van der Waals surface area contributed by atoms with E-state index in [1.807, 2.05) is 78.9 Å². The second kappa shape index (κ2) is 10.4. The van der Waals surface area contributed by atoms with Gasteiger partial charge in [0.2, 0.25) is 0 Å². The Kier molecular flexibility index (Phi) is 6.47. The quantitative estimate of drug-likeness (QED) is 0.266. The van der Waals surface area contributed by atoms with Crippen LogP contribution < -0.4 is 10.1 Å². The van der Waals surface area contributed by atoms with Gasteiger partial charge in [-0.3, -0.25) is 4.99 Å².